The van der Waals surface area contributed by atoms with Gasteiger partial charge in [0.05, 0.1) is 0 Å². The molecule has 20 heteroatoms. The minimum absolute atomic E-state index is 0.0229. The number of hydrogen-bond donors (Lipinski definition) is 4. The first-order valence-corrected chi connectivity index (χ1v) is 20.9. The van der Waals surface area contributed by atoms with Crippen molar-refractivity contribution in [3.05, 3.63) is 81.7 Å². The Bertz CT molecular complexity index is 2360. The fraction of sp³-hybridized carbons (Fsp3) is 0.476. The molecule has 0 unspecified atom stereocenters. The van der Waals surface area contributed by atoms with Crippen LogP contribution in [0.3, 0.4) is 0 Å². The third kappa shape index (κ3) is 9.44. The minimum Gasteiger partial charge on any atom is -0.367 e. The molecule has 3 aliphatic heterocycles. The van der Waals surface area contributed by atoms with E-state index in [0.717, 1.165) is 65.9 Å². The Morgan fingerprint density at radius 2 is 1.23 bits per heavy atom. The maximum Gasteiger partial charge on any atom is 0.421 e. The van der Waals surface area contributed by atoms with E-state index >= 15 is 0 Å². The predicted octanol–water partition coefficient (Wildman–Crippen LogP) is 7.14. The van der Waals surface area contributed by atoms with Crippen molar-refractivity contribution in [1.82, 2.24) is 39.5 Å². The lowest BCUT2D eigenvalue weighted by Gasteiger charge is -2.39. The van der Waals surface area contributed by atoms with Gasteiger partial charge < -0.3 is 36.0 Å². The van der Waals surface area contributed by atoms with Gasteiger partial charge in [0.1, 0.15) is 22.8 Å². The third-order valence-electron chi connectivity index (χ3n) is 11.9. The van der Waals surface area contributed by atoms with E-state index in [2.05, 4.69) is 46.1 Å². The minimum atomic E-state index is -4.61. The Morgan fingerprint density at radius 1 is 0.661 bits per heavy atom. The number of nitrogens with one attached hydrogen (secondary N) is 4. The molecule has 4 N–H and O–H groups in total. The van der Waals surface area contributed by atoms with E-state index in [9.17, 15) is 35.9 Å². The molecule has 328 valence electrons. The van der Waals surface area contributed by atoms with Crippen LogP contribution in [0.2, 0.25) is 0 Å². The first-order valence-electron chi connectivity index (χ1n) is 20.9. The van der Waals surface area contributed by atoms with Crippen LogP contribution in [0.25, 0.3) is 0 Å². The number of fused-ring (bicyclic) bond motifs is 2. The fourth-order valence-corrected chi connectivity index (χ4v) is 8.23. The van der Waals surface area contributed by atoms with Gasteiger partial charge in [0, 0.05) is 102 Å². The zero-order chi connectivity index (χ0) is 43.3. The van der Waals surface area contributed by atoms with Gasteiger partial charge >= 0.3 is 18.4 Å². The summed E-state index contributed by atoms with van der Waals surface area (Å²) in [5.41, 5.74) is 4.45. The van der Waals surface area contributed by atoms with Gasteiger partial charge in [-0.15, -0.1) is 0 Å². The number of halogens is 6. The summed E-state index contributed by atoms with van der Waals surface area (Å²) in [7, 11) is 0. The van der Waals surface area contributed by atoms with E-state index in [1.165, 1.54) is 6.92 Å². The molecule has 2 aromatic carbocycles. The summed E-state index contributed by atoms with van der Waals surface area (Å²) in [6, 6.07) is 9.37. The van der Waals surface area contributed by atoms with Crippen molar-refractivity contribution in [3.8, 4) is 0 Å². The number of urea groups is 1. The van der Waals surface area contributed by atoms with Crippen LogP contribution in [-0.2, 0) is 49.6 Å². The monoisotopic (exact) mass is 864 g/mol. The quantitative estimate of drug-likeness (QED) is 0.121. The molecule has 0 bridgehead atoms. The maximum atomic E-state index is 13.9. The normalized spacial score (nSPS) is 18.2. The fourth-order valence-electron chi connectivity index (χ4n) is 8.23. The molecule has 9 rings (SSSR count). The third-order valence-corrected chi connectivity index (χ3v) is 11.9. The van der Waals surface area contributed by atoms with Gasteiger partial charge in [0.2, 0.25) is 17.8 Å². The van der Waals surface area contributed by atoms with Gasteiger partial charge in [-0.05, 0) is 90.6 Å². The molecule has 2 aliphatic carbocycles. The standard InChI is InChI=1S/C42H46F6N12O2/c1-24(61)59-11-9-33-27(17-32(18-28(33)23-59)54-39-50-20-35(42(46,47)48)37(56-39)52-30-6-7-30)21-57-12-14-58(15-13-57)40(62)60-10-8-25-2-3-31(16-26(25)22-60)53-38-49-19-34(41(43,44)45)36(55-38)51-29-4-5-29/h2-3,16-20,29-30H,4-15,21-23H2,1H3,(H2,49,51,53,55)(H2,50,52,54,56). The van der Waals surface area contributed by atoms with Crippen molar-refractivity contribution in [3.63, 3.8) is 0 Å². The number of carbonyl (C=O) groups excluding carboxylic acids is 2. The number of nitrogens with zero attached hydrogens (tertiary/aromatic N) is 8. The zero-order valence-electron chi connectivity index (χ0n) is 34.0. The summed E-state index contributed by atoms with van der Waals surface area (Å²) in [6.45, 7) is 6.20. The summed E-state index contributed by atoms with van der Waals surface area (Å²) >= 11 is 0. The van der Waals surface area contributed by atoms with Crippen LogP contribution in [-0.4, -0.2) is 103 Å². The van der Waals surface area contributed by atoms with Crippen LogP contribution in [0, 0.1) is 0 Å². The molecule has 5 aliphatic rings. The molecule has 0 spiro atoms. The second-order valence-corrected chi connectivity index (χ2v) is 16.7. The number of rotatable bonds is 10. The van der Waals surface area contributed by atoms with E-state index < -0.39 is 23.5 Å². The second-order valence-electron chi connectivity index (χ2n) is 16.7. The van der Waals surface area contributed by atoms with Crippen LogP contribution in [0.15, 0.2) is 42.7 Å². The van der Waals surface area contributed by atoms with E-state index in [4.69, 9.17) is 0 Å². The Hall–Kier alpha value is -5.92. The topological polar surface area (TPSA) is 147 Å². The number of benzene rings is 2. The predicted molar refractivity (Wildman–Crippen MR) is 218 cm³/mol. The Morgan fingerprint density at radius 3 is 1.81 bits per heavy atom. The van der Waals surface area contributed by atoms with E-state index in [1.807, 2.05) is 40.1 Å². The average Bonchev–Trinajstić information content (AvgIpc) is 4.18. The summed E-state index contributed by atoms with van der Waals surface area (Å²) < 4.78 is 82.2. The van der Waals surface area contributed by atoms with E-state index in [-0.39, 0.29) is 47.6 Å². The summed E-state index contributed by atoms with van der Waals surface area (Å²) in [4.78, 5) is 50.3. The molecule has 0 atom stereocenters. The van der Waals surface area contributed by atoms with Crippen molar-refractivity contribution in [2.24, 2.45) is 0 Å². The Labute approximate surface area is 353 Å². The number of aromatic nitrogens is 4. The highest BCUT2D eigenvalue weighted by Gasteiger charge is 2.38. The molecule has 1 saturated heterocycles. The number of carbonyl (C=O) groups is 2. The molecule has 2 aromatic heterocycles. The second kappa shape index (κ2) is 16.4. The molecule has 5 heterocycles. The van der Waals surface area contributed by atoms with Crippen molar-refractivity contribution in [2.45, 2.75) is 89.5 Å². The largest absolute Gasteiger partial charge is 0.421 e. The molecule has 14 nitrogen and oxygen atoms in total. The average molecular weight is 865 g/mol. The highest BCUT2D eigenvalue weighted by molar-refractivity contribution is 5.75. The highest BCUT2D eigenvalue weighted by atomic mass is 19.4. The SMILES string of the molecule is CC(=O)N1CCc2c(CN3CCN(C(=O)N4CCc5ccc(Nc6ncc(C(F)(F)F)c(NC7CC7)n6)cc5C4)CC3)cc(Nc3ncc(C(F)(F)F)c(NC4CC4)n3)cc2C1. The molecule has 0 radical (unpaired) electrons. The van der Waals surface area contributed by atoms with Crippen molar-refractivity contribution >= 4 is 46.8 Å². The van der Waals surface area contributed by atoms with Crippen LogP contribution < -0.4 is 21.3 Å². The van der Waals surface area contributed by atoms with Gasteiger partial charge in [0.25, 0.3) is 0 Å². The van der Waals surface area contributed by atoms with Gasteiger partial charge in [-0.3, -0.25) is 9.69 Å². The number of piperazine rings is 1. The smallest absolute Gasteiger partial charge is 0.367 e. The van der Waals surface area contributed by atoms with Crippen molar-refractivity contribution < 1.29 is 35.9 Å². The summed E-state index contributed by atoms with van der Waals surface area (Å²) in [6.07, 6.45) is -3.21. The Balaban J connectivity index is 0.850. The molecule has 3 fully saturated rings. The maximum absolute atomic E-state index is 13.9. The van der Waals surface area contributed by atoms with Crippen LogP contribution >= 0.6 is 0 Å². The van der Waals surface area contributed by atoms with E-state index in [1.54, 1.807) is 4.90 Å². The molecule has 3 amide bonds. The first kappa shape index (κ1) is 41.4. The highest BCUT2D eigenvalue weighted by Crippen LogP contribution is 2.38. The molecule has 4 aromatic rings. The van der Waals surface area contributed by atoms with Gasteiger partial charge in [-0.1, -0.05) is 6.07 Å². The lowest BCUT2D eigenvalue weighted by molar-refractivity contribution is -0.138. The number of amides is 3. The Kier molecular flexibility index (Phi) is 11.0. The van der Waals surface area contributed by atoms with Crippen molar-refractivity contribution in [2.75, 3.05) is 60.5 Å². The number of hydrogen-bond acceptors (Lipinski definition) is 11. The lowest BCUT2D eigenvalue weighted by Crippen LogP contribution is -2.53. The first-order chi connectivity index (χ1) is 29.6. The van der Waals surface area contributed by atoms with Crippen LogP contribution in [0.5, 0.6) is 0 Å². The van der Waals surface area contributed by atoms with Gasteiger partial charge in [-0.25, -0.2) is 14.8 Å². The molecular weight excluding hydrogens is 819 g/mol. The molecular formula is C42H46F6N12O2. The van der Waals surface area contributed by atoms with Gasteiger partial charge in [-0.2, -0.15) is 36.3 Å². The van der Waals surface area contributed by atoms with Crippen LogP contribution in [0.1, 0.15) is 71.6 Å². The summed E-state index contributed by atoms with van der Waals surface area (Å²) in [5.74, 6) is -0.499. The van der Waals surface area contributed by atoms with Crippen LogP contribution in [0.4, 0.5) is 66.0 Å². The molecule has 2 saturated carbocycles. The van der Waals surface area contributed by atoms with Crippen molar-refractivity contribution in [1.29, 1.82) is 0 Å². The lowest BCUT2D eigenvalue weighted by atomic mass is 9.93. The molecule has 62 heavy (non-hydrogen) atoms. The van der Waals surface area contributed by atoms with E-state index in [0.29, 0.717) is 83.1 Å². The van der Waals surface area contributed by atoms with Gasteiger partial charge in [0.15, 0.2) is 0 Å². The number of anilines is 6. The summed E-state index contributed by atoms with van der Waals surface area (Å²) in [5, 5.41) is 11.9. The zero-order valence-corrected chi connectivity index (χ0v) is 34.0. The number of alkyl halides is 6.